The minimum Gasteiger partial charge on any atom is -0.494 e. The first-order valence-corrected chi connectivity index (χ1v) is 10.7. The Kier molecular flexibility index (Phi) is 6.67. The Hall–Kier alpha value is -4.07. The highest BCUT2D eigenvalue weighted by molar-refractivity contribution is 5.98. The summed E-state index contributed by atoms with van der Waals surface area (Å²) in [6.07, 6.45) is -0.958. The SMILES string of the molecule is CCOc1ccc(-c2ccc(CNC(=O)Nc3ccc(C(F)(F)F)cc3)c3cnccc23)cc1. The number of hydrogen-bond acceptors (Lipinski definition) is 3. The second-order valence-corrected chi connectivity index (χ2v) is 7.53. The molecule has 0 fully saturated rings. The molecule has 0 spiro atoms. The molecule has 0 radical (unpaired) electrons. The molecule has 2 amide bonds. The number of rotatable bonds is 6. The lowest BCUT2D eigenvalue weighted by molar-refractivity contribution is -0.137. The number of benzene rings is 3. The molecule has 0 aliphatic heterocycles. The predicted molar refractivity (Wildman–Crippen MR) is 126 cm³/mol. The zero-order valence-corrected chi connectivity index (χ0v) is 18.3. The molecule has 0 saturated carbocycles. The van der Waals surface area contributed by atoms with E-state index >= 15 is 0 Å². The van der Waals surface area contributed by atoms with E-state index < -0.39 is 17.8 Å². The first-order valence-electron chi connectivity index (χ1n) is 10.7. The summed E-state index contributed by atoms with van der Waals surface area (Å²) in [7, 11) is 0. The maximum Gasteiger partial charge on any atom is 0.416 e. The third kappa shape index (κ3) is 5.28. The molecule has 3 aromatic carbocycles. The molecule has 5 nitrogen and oxygen atoms in total. The van der Waals surface area contributed by atoms with Crippen molar-refractivity contribution in [2.75, 3.05) is 11.9 Å². The summed E-state index contributed by atoms with van der Waals surface area (Å²) in [4.78, 5) is 16.5. The van der Waals surface area contributed by atoms with Crippen molar-refractivity contribution in [1.29, 1.82) is 0 Å². The van der Waals surface area contributed by atoms with Gasteiger partial charge in [0.15, 0.2) is 0 Å². The van der Waals surface area contributed by atoms with Crippen molar-refractivity contribution in [3.63, 3.8) is 0 Å². The molecule has 0 bridgehead atoms. The van der Waals surface area contributed by atoms with Gasteiger partial charge in [-0.05, 0) is 71.5 Å². The Morgan fingerprint density at radius 1 is 0.941 bits per heavy atom. The number of carbonyl (C=O) groups excluding carboxylic acids is 1. The van der Waals surface area contributed by atoms with E-state index in [1.54, 1.807) is 12.4 Å². The van der Waals surface area contributed by atoms with E-state index in [-0.39, 0.29) is 12.2 Å². The zero-order valence-electron chi connectivity index (χ0n) is 18.3. The molecule has 2 N–H and O–H groups in total. The molecule has 0 atom stereocenters. The van der Waals surface area contributed by atoms with Crippen LogP contribution in [0.2, 0.25) is 0 Å². The highest BCUT2D eigenvalue weighted by Crippen LogP contribution is 2.32. The highest BCUT2D eigenvalue weighted by atomic mass is 19.4. The van der Waals surface area contributed by atoms with Crippen molar-refractivity contribution in [2.24, 2.45) is 0 Å². The number of anilines is 1. The zero-order chi connectivity index (χ0) is 24.1. The number of carbonyl (C=O) groups is 1. The number of halogens is 3. The van der Waals surface area contributed by atoms with E-state index in [1.165, 1.54) is 12.1 Å². The Morgan fingerprint density at radius 3 is 2.35 bits per heavy atom. The van der Waals surface area contributed by atoms with Crippen LogP contribution in [0.3, 0.4) is 0 Å². The van der Waals surface area contributed by atoms with Crippen LogP contribution in [0.5, 0.6) is 5.75 Å². The van der Waals surface area contributed by atoms with Gasteiger partial charge in [0, 0.05) is 30.0 Å². The third-order valence-corrected chi connectivity index (χ3v) is 5.29. The summed E-state index contributed by atoms with van der Waals surface area (Å²) in [5.41, 5.74) is 2.41. The maximum atomic E-state index is 12.7. The number of nitrogens with zero attached hydrogens (tertiary/aromatic N) is 1. The van der Waals surface area contributed by atoms with Crippen LogP contribution in [-0.4, -0.2) is 17.6 Å². The number of fused-ring (bicyclic) bond motifs is 1. The molecule has 4 rings (SSSR count). The summed E-state index contributed by atoms with van der Waals surface area (Å²) < 4.78 is 43.6. The van der Waals surface area contributed by atoms with Gasteiger partial charge in [-0.15, -0.1) is 0 Å². The Morgan fingerprint density at radius 2 is 1.68 bits per heavy atom. The molecule has 8 heteroatoms. The molecule has 1 heterocycles. The molecule has 1 aromatic heterocycles. The van der Waals surface area contributed by atoms with Crippen LogP contribution in [0.4, 0.5) is 23.7 Å². The summed E-state index contributed by atoms with van der Waals surface area (Å²) in [5.74, 6) is 0.803. The smallest absolute Gasteiger partial charge is 0.416 e. The Balaban J connectivity index is 1.48. The molecule has 0 saturated heterocycles. The molecule has 0 unspecified atom stereocenters. The van der Waals surface area contributed by atoms with Crippen molar-refractivity contribution in [3.05, 3.63) is 90.3 Å². The van der Waals surface area contributed by atoms with Crippen molar-refractivity contribution in [1.82, 2.24) is 10.3 Å². The van der Waals surface area contributed by atoms with Crippen LogP contribution < -0.4 is 15.4 Å². The number of alkyl halides is 3. The number of ether oxygens (including phenoxy) is 1. The number of aromatic nitrogens is 1. The first kappa shape index (κ1) is 23.1. The number of amides is 2. The minimum atomic E-state index is -4.42. The number of hydrogen-bond donors (Lipinski definition) is 2. The van der Waals surface area contributed by atoms with Crippen LogP contribution in [0.25, 0.3) is 21.9 Å². The monoisotopic (exact) mass is 465 g/mol. The average Bonchev–Trinajstić information content (AvgIpc) is 2.83. The lowest BCUT2D eigenvalue weighted by Crippen LogP contribution is -2.28. The highest BCUT2D eigenvalue weighted by Gasteiger charge is 2.30. The van der Waals surface area contributed by atoms with Gasteiger partial charge in [-0.3, -0.25) is 4.98 Å². The van der Waals surface area contributed by atoms with Crippen LogP contribution >= 0.6 is 0 Å². The van der Waals surface area contributed by atoms with Crippen molar-refractivity contribution >= 4 is 22.5 Å². The normalized spacial score (nSPS) is 11.3. The molecule has 0 aliphatic rings. The van der Waals surface area contributed by atoms with Gasteiger partial charge in [0.25, 0.3) is 0 Å². The van der Waals surface area contributed by atoms with Crippen molar-refractivity contribution < 1.29 is 22.7 Å². The van der Waals surface area contributed by atoms with Crippen LogP contribution in [-0.2, 0) is 12.7 Å². The van der Waals surface area contributed by atoms with Gasteiger partial charge in [0.05, 0.1) is 12.2 Å². The lowest BCUT2D eigenvalue weighted by Gasteiger charge is -2.13. The second kappa shape index (κ2) is 9.82. The number of pyridine rings is 1. The van der Waals surface area contributed by atoms with E-state index in [0.29, 0.717) is 6.61 Å². The molecule has 4 aromatic rings. The first-order chi connectivity index (χ1) is 16.3. The van der Waals surface area contributed by atoms with E-state index in [0.717, 1.165) is 45.3 Å². The summed E-state index contributed by atoms with van der Waals surface area (Å²) in [6.45, 7) is 2.76. The quantitative estimate of drug-likeness (QED) is 0.336. The lowest BCUT2D eigenvalue weighted by atomic mass is 9.96. The van der Waals surface area contributed by atoms with Crippen LogP contribution in [0.1, 0.15) is 18.1 Å². The molecule has 34 heavy (non-hydrogen) atoms. The maximum absolute atomic E-state index is 12.7. The van der Waals surface area contributed by atoms with E-state index in [4.69, 9.17) is 4.74 Å². The number of nitrogens with one attached hydrogen (secondary N) is 2. The Labute approximate surface area is 194 Å². The van der Waals surface area contributed by atoms with E-state index in [9.17, 15) is 18.0 Å². The fourth-order valence-corrected chi connectivity index (χ4v) is 3.65. The van der Waals surface area contributed by atoms with Gasteiger partial charge in [-0.1, -0.05) is 24.3 Å². The number of urea groups is 1. The summed E-state index contributed by atoms with van der Waals surface area (Å²) >= 11 is 0. The van der Waals surface area contributed by atoms with Gasteiger partial charge in [0.1, 0.15) is 5.75 Å². The molecule has 174 valence electrons. The fourth-order valence-electron chi connectivity index (χ4n) is 3.65. The van der Waals surface area contributed by atoms with Crippen LogP contribution in [0, 0.1) is 0 Å². The third-order valence-electron chi connectivity index (χ3n) is 5.29. The average molecular weight is 465 g/mol. The van der Waals surface area contributed by atoms with Gasteiger partial charge < -0.3 is 15.4 Å². The van der Waals surface area contributed by atoms with Crippen LogP contribution in [0.15, 0.2) is 79.1 Å². The molecular weight excluding hydrogens is 443 g/mol. The van der Waals surface area contributed by atoms with Gasteiger partial charge in [0.2, 0.25) is 0 Å². The fraction of sp³-hybridized carbons (Fsp3) is 0.154. The van der Waals surface area contributed by atoms with Gasteiger partial charge >= 0.3 is 12.2 Å². The molecular formula is C26H22F3N3O2. The summed E-state index contributed by atoms with van der Waals surface area (Å²) in [5, 5.41) is 7.18. The van der Waals surface area contributed by atoms with Gasteiger partial charge in [-0.25, -0.2) is 4.79 Å². The van der Waals surface area contributed by atoms with Crippen molar-refractivity contribution in [3.8, 4) is 16.9 Å². The predicted octanol–water partition coefficient (Wildman–Crippen LogP) is 6.64. The Bertz CT molecular complexity index is 1290. The van der Waals surface area contributed by atoms with Crippen molar-refractivity contribution in [2.45, 2.75) is 19.6 Å². The largest absolute Gasteiger partial charge is 0.494 e. The minimum absolute atomic E-state index is 0.220. The van der Waals surface area contributed by atoms with E-state index in [2.05, 4.69) is 15.6 Å². The van der Waals surface area contributed by atoms with E-state index in [1.807, 2.05) is 49.4 Å². The molecule has 0 aliphatic carbocycles. The second-order valence-electron chi connectivity index (χ2n) is 7.53. The van der Waals surface area contributed by atoms with Gasteiger partial charge in [-0.2, -0.15) is 13.2 Å². The topological polar surface area (TPSA) is 63.2 Å². The standard InChI is InChI=1S/C26H22F3N3O2/c1-2-34-21-10-3-17(4-11-21)22-12-5-18(24-16-30-14-13-23(22)24)15-31-25(33)32-20-8-6-19(7-9-20)26(27,28)29/h3-14,16H,2,15H2,1H3,(H2,31,32,33). The summed E-state index contributed by atoms with van der Waals surface area (Å²) in [6, 6.07) is 17.4.